The maximum absolute atomic E-state index is 9.41. The Morgan fingerprint density at radius 3 is 2.56 bits per heavy atom. The number of benzene rings is 1. The smallest absolute Gasteiger partial charge is 0.191 e. The van der Waals surface area contributed by atoms with Crippen LogP contribution >= 0.6 is 0 Å². The van der Waals surface area contributed by atoms with Gasteiger partial charge in [0.2, 0.25) is 0 Å². The molecule has 0 saturated carbocycles. The molecule has 180 valence electrons. The molecule has 0 aliphatic carbocycles. The van der Waals surface area contributed by atoms with E-state index in [0.717, 1.165) is 64.6 Å². The number of ether oxygens (including phenoxy) is 1. The van der Waals surface area contributed by atoms with Crippen LogP contribution in [0.2, 0.25) is 0 Å². The van der Waals surface area contributed by atoms with E-state index in [0.29, 0.717) is 13.2 Å². The standard InChI is InChI=1S/C25H43N5O2/c1-2-26-24(28-21-25(10-18-31)11-19-32-22-25)27-12-6-7-13-29-14-16-30(17-15-29)20-23-8-4-3-5-9-23/h3-5,8-9,31H,2,6-7,10-22H2,1H3,(H2,26,27,28). The second kappa shape index (κ2) is 13.8. The van der Waals surface area contributed by atoms with E-state index in [-0.39, 0.29) is 12.0 Å². The van der Waals surface area contributed by atoms with E-state index in [9.17, 15) is 5.11 Å². The Bertz CT molecular complexity index is 656. The van der Waals surface area contributed by atoms with Crippen molar-refractivity contribution in [2.24, 2.45) is 10.4 Å². The number of aliphatic imine (C=N–C) groups is 1. The third kappa shape index (κ3) is 8.35. The molecule has 2 aliphatic rings. The Labute approximate surface area is 194 Å². The number of piperazine rings is 1. The zero-order valence-electron chi connectivity index (χ0n) is 19.9. The van der Waals surface area contributed by atoms with Gasteiger partial charge in [-0.25, -0.2) is 0 Å². The van der Waals surface area contributed by atoms with Gasteiger partial charge in [0.05, 0.1) is 13.2 Å². The molecule has 3 rings (SSSR count). The van der Waals surface area contributed by atoms with Crippen molar-refractivity contribution in [3.05, 3.63) is 35.9 Å². The van der Waals surface area contributed by atoms with E-state index < -0.39 is 0 Å². The Hall–Kier alpha value is -1.67. The number of hydrogen-bond acceptors (Lipinski definition) is 5. The monoisotopic (exact) mass is 445 g/mol. The first-order valence-corrected chi connectivity index (χ1v) is 12.4. The maximum Gasteiger partial charge on any atom is 0.191 e. The molecule has 1 aromatic carbocycles. The number of nitrogens with one attached hydrogen (secondary N) is 2. The van der Waals surface area contributed by atoms with Gasteiger partial charge in [-0.3, -0.25) is 9.89 Å². The third-order valence-electron chi connectivity index (χ3n) is 6.65. The van der Waals surface area contributed by atoms with E-state index in [2.05, 4.69) is 57.7 Å². The lowest BCUT2D eigenvalue weighted by atomic mass is 9.84. The average Bonchev–Trinajstić information content (AvgIpc) is 3.28. The summed E-state index contributed by atoms with van der Waals surface area (Å²) in [6.07, 6.45) is 4.08. The molecule has 0 amide bonds. The quantitative estimate of drug-likeness (QED) is 0.259. The van der Waals surface area contributed by atoms with Crippen LogP contribution < -0.4 is 10.6 Å². The number of unbranched alkanes of at least 4 members (excludes halogenated alkanes) is 1. The van der Waals surface area contributed by atoms with E-state index >= 15 is 0 Å². The van der Waals surface area contributed by atoms with E-state index in [1.165, 1.54) is 31.6 Å². The Balaban J connectivity index is 1.30. The van der Waals surface area contributed by atoms with Crippen molar-refractivity contribution in [1.29, 1.82) is 0 Å². The fourth-order valence-electron chi connectivity index (χ4n) is 4.56. The number of nitrogens with zero attached hydrogens (tertiary/aromatic N) is 3. The van der Waals surface area contributed by atoms with Crippen LogP contribution in [0.5, 0.6) is 0 Å². The molecular formula is C25H43N5O2. The number of aliphatic hydroxyl groups is 1. The lowest BCUT2D eigenvalue weighted by Gasteiger charge is -2.34. The van der Waals surface area contributed by atoms with Gasteiger partial charge in [-0.1, -0.05) is 30.3 Å². The van der Waals surface area contributed by atoms with Gasteiger partial charge < -0.3 is 25.4 Å². The van der Waals surface area contributed by atoms with Crippen molar-refractivity contribution in [3.63, 3.8) is 0 Å². The van der Waals surface area contributed by atoms with Crippen molar-refractivity contribution in [3.8, 4) is 0 Å². The third-order valence-corrected chi connectivity index (χ3v) is 6.65. The Kier molecular flexibility index (Phi) is 10.8. The van der Waals surface area contributed by atoms with Crippen molar-refractivity contribution in [1.82, 2.24) is 20.4 Å². The second-order valence-electron chi connectivity index (χ2n) is 9.21. The fourth-order valence-corrected chi connectivity index (χ4v) is 4.56. The second-order valence-corrected chi connectivity index (χ2v) is 9.21. The minimum Gasteiger partial charge on any atom is -0.396 e. The molecule has 32 heavy (non-hydrogen) atoms. The summed E-state index contributed by atoms with van der Waals surface area (Å²) in [6, 6.07) is 10.8. The van der Waals surface area contributed by atoms with Crippen LogP contribution in [0.4, 0.5) is 0 Å². The summed E-state index contributed by atoms with van der Waals surface area (Å²) >= 11 is 0. The topological polar surface area (TPSA) is 72.4 Å². The molecule has 2 aliphatic heterocycles. The highest BCUT2D eigenvalue weighted by Gasteiger charge is 2.34. The lowest BCUT2D eigenvalue weighted by Crippen LogP contribution is -2.46. The predicted octanol–water partition coefficient (Wildman–Crippen LogP) is 1.93. The summed E-state index contributed by atoms with van der Waals surface area (Å²) in [7, 11) is 0. The van der Waals surface area contributed by atoms with Gasteiger partial charge in [-0.05, 0) is 44.7 Å². The summed E-state index contributed by atoms with van der Waals surface area (Å²) in [4.78, 5) is 9.96. The van der Waals surface area contributed by atoms with Crippen LogP contribution in [0.25, 0.3) is 0 Å². The molecule has 2 saturated heterocycles. The molecule has 1 aromatic rings. The van der Waals surface area contributed by atoms with Crippen LogP contribution in [0.3, 0.4) is 0 Å². The van der Waals surface area contributed by atoms with Crippen LogP contribution in [0, 0.1) is 5.41 Å². The van der Waals surface area contributed by atoms with Gasteiger partial charge in [-0.2, -0.15) is 0 Å². The largest absolute Gasteiger partial charge is 0.396 e. The molecule has 0 aromatic heterocycles. The molecule has 1 unspecified atom stereocenters. The maximum atomic E-state index is 9.41. The molecule has 1 atom stereocenters. The minimum atomic E-state index is -0.000241. The molecule has 3 N–H and O–H groups in total. The highest BCUT2D eigenvalue weighted by Crippen LogP contribution is 2.32. The number of guanidine groups is 1. The minimum absolute atomic E-state index is 0.000241. The lowest BCUT2D eigenvalue weighted by molar-refractivity contribution is 0.126. The van der Waals surface area contributed by atoms with Gasteiger partial charge in [0.15, 0.2) is 5.96 Å². The summed E-state index contributed by atoms with van der Waals surface area (Å²) in [5.74, 6) is 0.881. The van der Waals surface area contributed by atoms with Gasteiger partial charge in [0.25, 0.3) is 0 Å². The van der Waals surface area contributed by atoms with Crippen LogP contribution in [0.1, 0.15) is 38.2 Å². The molecule has 0 bridgehead atoms. The summed E-state index contributed by atoms with van der Waals surface area (Å²) < 4.78 is 5.58. The van der Waals surface area contributed by atoms with Crippen molar-refractivity contribution >= 4 is 5.96 Å². The zero-order chi connectivity index (χ0) is 22.5. The normalized spacial score (nSPS) is 22.9. The molecular weight excluding hydrogens is 402 g/mol. The van der Waals surface area contributed by atoms with Gasteiger partial charge in [0, 0.05) is 64.4 Å². The Morgan fingerprint density at radius 2 is 1.88 bits per heavy atom. The van der Waals surface area contributed by atoms with Gasteiger partial charge in [0.1, 0.15) is 0 Å². The zero-order valence-corrected chi connectivity index (χ0v) is 19.9. The fraction of sp³-hybridized carbons (Fsp3) is 0.720. The molecule has 7 nitrogen and oxygen atoms in total. The van der Waals surface area contributed by atoms with Crippen LogP contribution in [-0.4, -0.2) is 93.0 Å². The summed E-state index contributed by atoms with van der Waals surface area (Å²) in [6.45, 7) is 13.1. The van der Waals surface area contributed by atoms with Crippen molar-refractivity contribution in [2.45, 2.75) is 39.2 Å². The van der Waals surface area contributed by atoms with Crippen LogP contribution in [-0.2, 0) is 11.3 Å². The van der Waals surface area contributed by atoms with Crippen molar-refractivity contribution in [2.75, 3.05) is 72.2 Å². The molecule has 7 heteroatoms. The molecule has 0 radical (unpaired) electrons. The molecule has 2 heterocycles. The highest BCUT2D eigenvalue weighted by molar-refractivity contribution is 5.79. The molecule has 0 spiro atoms. The average molecular weight is 446 g/mol. The number of rotatable bonds is 12. The van der Waals surface area contributed by atoms with E-state index in [1.807, 2.05) is 0 Å². The SMILES string of the molecule is CCNC(=NCC1(CCO)CCOC1)NCCCCN1CCN(Cc2ccccc2)CC1. The van der Waals surface area contributed by atoms with Crippen LogP contribution in [0.15, 0.2) is 35.3 Å². The summed E-state index contributed by atoms with van der Waals surface area (Å²) in [5.41, 5.74) is 1.41. The first-order valence-electron chi connectivity index (χ1n) is 12.4. The first kappa shape index (κ1) is 25.0. The first-order chi connectivity index (χ1) is 15.7. The number of hydrogen-bond donors (Lipinski definition) is 3. The van der Waals surface area contributed by atoms with E-state index in [1.54, 1.807) is 0 Å². The number of aliphatic hydroxyl groups excluding tert-OH is 1. The van der Waals surface area contributed by atoms with Gasteiger partial charge >= 0.3 is 0 Å². The Morgan fingerprint density at radius 1 is 1.09 bits per heavy atom. The summed E-state index contributed by atoms with van der Waals surface area (Å²) in [5, 5.41) is 16.2. The molecule has 2 fully saturated rings. The predicted molar refractivity (Wildman–Crippen MR) is 131 cm³/mol. The van der Waals surface area contributed by atoms with E-state index in [4.69, 9.17) is 9.73 Å². The van der Waals surface area contributed by atoms with Gasteiger partial charge in [-0.15, -0.1) is 0 Å². The van der Waals surface area contributed by atoms with Crippen molar-refractivity contribution < 1.29 is 9.84 Å². The highest BCUT2D eigenvalue weighted by atomic mass is 16.5.